The molecule has 4 aromatic rings. The Morgan fingerprint density at radius 3 is 2.42 bits per heavy atom. The average molecular weight is 362 g/mol. The first-order chi connectivity index (χ1) is 12.5. The number of benzene rings is 1. The summed E-state index contributed by atoms with van der Waals surface area (Å²) in [5, 5.41) is 1.26. The lowest BCUT2D eigenvalue weighted by Crippen LogP contribution is -2.05. The number of aryl methyl sites for hydroxylation is 2. The van der Waals surface area contributed by atoms with Gasteiger partial charge in [-0.25, -0.2) is 0 Å². The molecule has 0 saturated carbocycles. The summed E-state index contributed by atoms with van der Waals surface area (Å²) >= 11 is 1.81. The van der Waals surface area contributed by atoms with E-state index in [1.165, 1.54) is 15.0 Å². The van der Waals surface area contributed by atoms with Crippen molar-refractivity contribution in [3.63, 3.8) is 0 Å². The van der Waals surface area contributed by atoms with Gasteiger partial charge in [0.2, 0.25) is 0 Å². The molecule has 0 bridgehead atoms. The van der Waals surface area contributed by atoms with Crippen LogP contribution in [0.5, 0.6) is 0 Å². The van der Waals surface area contributed by atoms with Gasteiger partial charge in [0.15, 0.2) is 5.78 Å². The number of carbonyl (C=O) groups excluding carboxylic acids is 1. The van der Waals surface area contributed by atoms with Crippen molar-refractivity contribution >= 4 is 27.2 Å². The Balaban J connectivity index is 1.95. The Morgan fingerprint density at radius 1 is 1.04 bits per heavy atom. The first-order valence-corrected chi connectivity index (χ1v) is 9.61. The molecule has 0 spiro atoms. The molecule has 0 aliphatic rings. The number of Topliss-reactive ketones (excluding diaryl/α,β-unsaturated/α-hetero) is 1. The largest absolute Gasteiger partial charge is 0.362 e. The van der Waals surface area contributed by atoms with Crippen molar-refractivity contribution in [1.29, 1.82) is 0 Å². The number of carbonyl (C=O) groups is 1. The summed E-state index contributed by atoms with van der Waals surface area (Å²) in [5.74, 6) is 0.174. The van der Waals surface area contributed by atoms with E-state index in [1.807, 2.05) is 25.2 Å². The summed E-state index contributed by atoms with van der Waals surface area (Å²) in [6.07, 6.45) is 0. The van der Waals surface area contributed by atoms with Crippen molar-refractivity contribution in [3.8, 4) is 0 Å². The zero-order chi connectivity index (χ0) is 18.4. The van der Waals surface area contributed by atoms with Crippen LogP contribution >= 0.6 is 11.3 Å². The maximum atomic E-state index is 12.1. The minimum Gasteiger partial charge on any atom is -0.362 e. The third-order valence-corrected chi connectivity index (χ3v) is 6.19. The van der Waals surface area contributed by atoms with Gasteiger partial charge in [0, 0.05) is 37.9 Å². The van der Waals surface area contributed by atoms with E-state index in [0.29, 0.717) is 0 Å². The van der Waals surface area contributed by atoms with E-state index in [1.54, 1.807) is 6.92 Å². The van der Waals surface area contributed by atoms with E-state index in [0.717, 1.165) is 33.9 Å². The fourth-order valence-corrected chi connectivity index (χ4v) is 5.07. The molecule has 1 unspecified atom stereocenters. The number of H-pyrrole nitrogens is 2. The Labute approximate surface area is 157 Å². The zero-order valence-electron chi connectivity index (χ0n) is 15.4. The molecule has 0 aliphatic heterocycles. The predicted molar refractivity (Wildman–Crippen MR) is 109 cm³/mol. The number of rotatable bonds is 4. The summed E-state index contributed by atoms with van der Waals surface area (Å²) < 4.78 is 1.28. The highest BCUT2D eigenvalue weighted by Gasteiger charge is 2.26. The van der Waals surface area contributed by atoms with E-state index in [4.69, 9.17) is 0 Å². The van der Waals surface area contributed by atoms with E-state index in [9.17, 15) is 4.79 Å². The molecule has 2 N–H and O–H groups in total. The smallest absolute Gasteiger partial charge is 0.161 e. The fraction of sp³-hybridized carbons (Fsp3) is 0.227. The zero-order valence-corrected chi connectivity index (χ0v) is 16.3. The van der Waals surface area contributed by atoms with Crippen LogP contribution in [-0.2, 0) is 0 Å². The van der Waals surface area contributed by atoms with Gasteiger partial charge < -0.3 is 9.97 Å². The summed E-state index contributed by atoms with van der Waals surface area (Å²) in [5.41, 5.74) is 6.19. The molecule has 0 aliphatic carbocycles. The number of hydrogen-bond donors (Lipinski definition) is 2. The Morgan fingerprint density at radius 2 is 1.81 bits per heavy atom. The van der Waals surface area contributed by atoms with Gasteiger partial charge in [0.05, 0.1) is 5.92 Å². The first kappa shape index (κ1) is 16.9. The monoisotopic (exact) mass is 362 g/mol. The number of hydrogen-bond acceptors (Lipinski definition) is 2. The van der Waals surface area contributed by atoms with Crippen LogP contribution in [-0.4, -0.2) is 15.8 Å². The Bertz CT molecular complexity index is 1080. The molecule has 0 amide bonds. The van der Waals surface area contributed by atoms with Gasteiger partial charge in [0.1, 0.15) is 0 Å². The molecule has 0 saturated heterocycles. The predicted octanol–water partition coefficient (Wildman–Crippen LogP) is 5.87. The Hall–Kier alpha value is -2.59. The highest BCUT2D eigenvalue weighted by Crippen LogP contribution is 2.40. The van der Waals surface area contributed by atoms with E-state index in [-0.39, 0.29) is 11.7 Å². The minimum absolute atomic E-state index is 0.0629. The number of thiophene rings is 1. The van der Waals surface area contributed by atoms with Crippen LogP contribution in [0.3, 0.4) is 0 Å². The number of nitrogens with one attached hydrogen (secondary N) is 2. The number of ketones is 1. The van der Waals surface area contributed by atoms with Crippen molar-refractivity contribution in [1.82, 2.24) is 9.97 Å². The van der Waals surface area contributed by atoms with Gasteiger partial charge in [-0.1, -0.05) is 18.2 Å². The molecule has 4 heteroatoms. The highest BCUT2D eigenvalue weighted by atomic mass is 32.1. The maximum Gasteiger partial charge on any atom is 0.161 e. The lowest BCUT2D eigenvalue weighted by Gasteiger charge is -2.15. The van der Waals surface area contributed by atoms with Crippen molar-refractivity contribution in [3.05, 3.63) is 81.2 Å². The van der Waals surface area contributed by atoms with Crippen LogP contribution in [0.25, 0.3) is 10.1 Å². The van der Waals surface area contributed by atoms with Gasteiger partial charge >= 0.3 is 0 Å². The van der Waals surface area contributed by atoms with Crippen LogP contribution in [0.1, 0.15) is 56.4 Å². The first-order valence-electron chi connectivity index (χ1n) is 8.79. The van der Waals surface area contributed by atoms with E-state index < -0.39 is 0 Å². The topological polar surface area (TPSA) is 48.6 Å². The molecule has 4 rings (SSSR count). The van der Waals surface area contributed by atoms with Crippen LogP contribution in [0.2, 0.25) is 0 Å². The highest BCUT2D eigenvalue weighted by molar-refractivity contribution is 7.19. The fourth-order valence-electron chi connectivity index (χ4n) is 3.88. The molecule has 26 heavy (non-hydrogen) atoms. The number of aromatic amines is 2. The van der Waals surface area contributed by atoms with E-state index >= 15 is 0 Å². The van der Waals surface area contributed by atoms with Gasteiger partial charge in [-0.3, -0.25) is 4.79 Å². The third-order valence-electron chi connectivity index (χ3n) is 5.01. The molecule has 0 fully saturated rings. The van der Waals surface area contributed by atoms with Crippen molar-refractivity contribution in [2.45, 2.75) is 33.6 Å². The lowest BCUT2D eigenvalue weighted by atomic mass is 9.94. The van der Waals surface area contributed by atoms with Crippen molar-refractivity contribution in [2.24, 2.45) is 0 Å². The van der Waals surface area contributed by atoms with Gasteiger partial charge in [-0.15, -0.1) is 11.3 Å². The standard InChI is InChI=1S/C22H22N2OS/c1-12-9-10-17(23-12)21(19-11-16-7-5-6-8-18(16)26-19)22-13(2)20(15(4)25)14(3)24-22/h5-11,21,23-24H,1-4H3. The summed E-state index contributed by atoms with van der Waals surface area (Å²) in [7, 11) is 0. The molecular formula is C22H22N2OS. The SMILES string of the molecule is CC(=O)c1c(C)[nH]c(C(c2ccc(C)[nH]2)c2cc3ccccc3s2)c1C. The normalized spacial score (nSPS) is 12.6. The molecule has 3 nitrogen and oxygen atoms in total. The summed E-state index contributed by atoms with van der Waals surface area (Å²) in [6, 6.07) is 15.0. The van der Waals surface area contributed by atoms with Gasteiger partial charge in [-0.05, 0) is 62.9 Å². The molecule has 3 heterocycles. The van der Waals surface area contributed by atoms with Crippen LogP contribution < -0.4 is 0 Å². The molecular weight excluding hydrogens is 340 g/mol. The molecule has 1 atom stereocenters. The summed E-state index contributed by atoms with van der Waals surface area (Å²) in [6.45, 7) is 7.74. The van der Waals surface area contributed by atoms with Gasteiger partial charge in [0.25, 0.3) is 0 Å². The third kappa shape index (κ3) is 2.71. The second-order valence-electron chi connectivity index (χ2n) is 6.94. The van der Waals surface area contributed by atoms with Crippen LogP contribution in [0.15, 0.2) is 42.5 Å². The van der Waals surface area contributed by atoms with Crippen molar-refractivity contribution in [2.75, 3.05) is 0 Å². The maximum absolute atomic E-state index is 12.1. The van der Waals surface area contributed by atoms with Crippen LogP contribution in [0, 0.1) is 20.8 Å². The lowest BCUT2D eigenvalue weighted by molar-refractivity contribution is 0.101. The summed E-state index contributed by atoms with van der Waals surface area (Å²) in [4.78, 5) is 20.4. The second-order valence-corrected chi connectivity index (χ2v) is 8.05. The molecule has 0 radical (unpaired) electrons. The number of fused-ring (bicyclic) bond motifs is 1. The second kappa shape index (κ2) is 6.29. The molecule has 1 aromatic carbocycles. The van der Waals surface area contributed by atoms with Crippen molar-refractivity contribution < 1.29 is 4.79 Å². The molecule has 3 aromatic heterocycles. The van der Waals surface area contributed by atoms with Crippen LogP contribution in [0.4, 0.5) is 0 Å². The Kier molecular flexibility index (Phi) is 4.08. The quantitative estimate of drug-likeness (QED) is 0.439. The van der Waals surface area contributed by atoms with E-state index in [2.05, 4.69) is 59.4 Å². The average Bonchev–Trinajstić information content (AvgIpc) is 3.26. The number of aromatic nitrogens is 2. The molecule has 132 valence electrons. The minimum atomic E-state index is 0.0629. The van der Waals surface area contributed by atoms with Gasteiger partial charge in [-0.2, -0.15) is 0 Å².